The summed E-state index contributed by atoms with van der Waals surface area (Å²) < 4.78 is 14.3. The molecule has 3 heterocycles. The van der Waals surface area contributed by atoms with Gasteiger partial charge in [0.1, 0.15) is 30.2 Å². The number of hydrogen-bond donors (Lipinski definition) is 3. The number of imidazole rings is 1. The fraction of sp³-hybridized carbons (Fsp3) is 0.688. The molecule has 2 aromatic heterocycles. The van der Waals surface area contributed by atoms with E-state index in [-0.39, 0.29) is 12.4 Å². The highest BCUT2D eigenvalue weighted by atomic mass is 28.3. The van der Waals surface area contributed by atoms with E-state index in [4.69, 9.17) is 15.2 Å². The molecule has 1 aliphatic rings. The fourth-order valence-electron chi connectivity index (χ4n) is 3.54. The molecule has 2 aromatic rings. The van der Waals surface area contributed by atoms with Crippen LogP contribution in [0, 0.1) is 0 Å². The van der Waals surface area contributed by atoms with Crippen molar-refractivity contribution in [3.8, 4) is 0 Å². The van der Waals surface area contributed by atoms with Crippen LogP contribution in [-0.4, -0.2) is 69.0 Å². The summed E-state index contributed by atoms with van der Waals surface area (Å²) in [5, 5.41) is 19.6. The average Bonchev–Trinajstić information content (AvgIpc) is 3.08. The second-order valence-electron chi connectivity index (χ2n) is 7.93. The van der Waals surface area contributed by atoms with Gasteiger partial charge >= 0.3 is 0 Å². The van der Waals surface area contributed by atoms with E-state index in [1.165, 1.54) is 6.33 Å². The Kier molecular flexibility index (Phi) is 4.82. The van der Waals surface area contributed by atoms with Crippen molar-refractivity contribution in [3.05, 3.63) is 12.7 Å². The molecule has 1 fully saturated rings. The lowest BCUT2D eigenvalue weighted by Crippen LogP contribution is -2.57. The first-order valence-corrected chi connectivity index (χ1v) is 11.6. The second kappa shape index (κ2) is 6.53. The molecule has 144 valence electrons. The van der Waals surface area contributed by atoms with Gasteiger partial charge in [0.2, 0.25) is 0 Å². The molecule has 0 radical (unpaired) electrons. The minimum absolute atomic E-state index is 0.278. The first-order valence-electron chi connectivity index (χ1n) is 8.70. The number of fused-ring (bicyclic) bond motifs is 1. The molecule has 26 heavy (non-hydrogen) atoms. The summed E-state index contributed by atoms with van der Waals surface area (Å²) in [5.41, 5.74) is 6.41. The van der Waals surface area contributed by atoms with E-state index in [0.717, 1.165) is 0 Å². The summed E-state index contributed by atoms with van der Waals surface area (Å²) in [6.45, 7) is 9.65. The van der Waals surface area contributed by atoms with Crippen molar-refractivity contribution in [2.45, 2.75) is 63.1 Å². The minimum atomic E-state index is -1.71. The van der Waals surface area contributed by atoms with Crippen molar-refractivity contribution >= 4 is 25.8 Å². The van der Waals surface area contributed by atoms with Crippen LogP contribution in [0.25, 0.3) is 11.2 Å². The number of ether oxygens (including phenoxy) is 2. The van der Waals surface area contributed by atoms with E-state index < -0.39 is 38.1 Å². The molecule has 1 saturated heterocycles. The van der Waals surface area contributed by atoms with Gasteiger partial charge in [-0.15, -0.1) is 0 Å². The molecule has 0 bridgehead atoms. The summed E-state index contributed by atoms with van der Waals surface area (Å²) >= 11 is 0. The van der Waals surface area contributed by atoms with Gasteiger partial charge in [-0.3, -0.25) is 4.57 Å². The summed E-state index contributed by atoms with van der Waals surface area (Å²) in [6.07, 6.45) is 0.563. The molecule has 0 unspecified atom stereocenters. The maximum atomic E-state index is 10.8. The van der Waals surface area contributed by atoms with Crippen LogP contribution in [0.1, 0.15) is 20.8 Å². The van der Waals surface area contributed by atoms with Crippen molar-refractivity contribution < 1.29 is 19.7 Å². The van der Waals surface area contributed by atoms with Gasteiger partial charge in [-0.2, -0.15) is 0 Å². The van der Waals surface area contributed by atoms with Gasteiger partial charge in [-0.25, -0.2) is 15.0 Å². The Hall–Kier alpha value is -1.59. The van der Waals surface area contributed by atoms with Gasteiger partial charge in [0, 0.05) is 0 Å². The third-order valence-corrected chi connectivity index (χ3v) is 7.06. The van der Waals surface area contributed by atoms with Crippen LogP contribution >= 0.6 is 0 Å². The van der Waals surface area contributed by atoms with E-state index in [0.29, 0.717) is 11.2 Å². The highest BCUT2D eigenvalue weighted by Crippen LogP contribution is 2.42. The Bertz CT molecular complexity index is 793. The number of aliphatic hydroxyl groups excluding tert-OH is 2. The lowest BCUT2D eigenvalue weighted by molar-refractivity contribution is -0.152. The van der Waals surface area contributed by atoms with E-state index >= 15 is 0 Å². The maximum absolute atomic E-state index is 10.8. The van der Waals surface area contributed by atoms with Gasteiger partial charge in [0.05, 0.1) is 27.3 Å². The van der Waals surface area contributed by atoms with Crippen molar-refractivity contribution in [3.63, 3.8) is 0 Å². The van der Waals surface area contributed by atoms with E-state index in [2.05, 4.69) is 28.0 Å². The third-order valence-electron chi connectivity index (χ3n) is 4.66. The predicted octanol–water partition coefficient (Wildman–Crippen LogP) is 0.0229. The van der Waals surface area contributed by atoms with Crippen molar-refractivity contribution in [1.82, 2.24) is 19.5 Å². The van der Waals surface area contributed by atoms with Crippen LogP contribution in [0.4, 0.5) is 5.82 Å². The zero-order valence-electron chi connectivity index (χ0n) is 15.7. The van der Waals surface area contributed by atoms with E-state index in [1.54, 1.807) is 10.9 Å². The van der Waals surface area contributed by atoms with E-state index in [9.17, 15) is 10.2 Å². The molecular weight excluding hydrogens is 354 g/mol. The van der Waals surface area contributed by atoms with Gasteiger partial charge in [-0.1, -0.05) is 13.1 Å². The molecule has 9 nitrogen and oxygen atoms in total. The van der Waals surface area contributed by atoms with Crippen LogP contribution in [0.5, 0.6) is 0 Å². The Morgan fingerprint density at radius 3 is 2.62 bits per heavy atom. The molecule has 1 aliphatic heterocycles. The molecule has 0 aliphatic carbocycles. The quantitative estimate of drug-likeness (QED) is 0.633. The average molecular weight is 382 g/mol. The molecule has 10 heteroatoms. The minimum Gasteiger partial charge on any atom is -0.394 e. The Morgan fingerprint density at radius 2 is 2.04 bits per heavy atom. The SMILES string of the molecule is C[SiH](C)[C@@]1(n2cnc3c(N)ncnc32)O[C@H](CO)[C@@H](O)[C@H]1OC(C)(C)C. The molecule has 0 spiro atoms. The largest absolute Gasteiger partial charge is 0.394 e. The summed E-state index contributed by atoms with van der Waals surface area (Å²) in [7, 11) is -1.71. The summed E-state index contributed by atoms with van der Waals surface area (Å²) in [6, 6.07) is 0. The van der Waals surface area contributed by atoms with Gasteiger partial charge in [0.25, 0.3) is 0 Å². The van der Waals surface area contributed by atoms with Crippen molar-refractivity contribution in [2.75, 3.05) is 12.3 Å². The highest BCUT2D eigenvalue weighted by Gasteiger charge is 2.60. The first kappa shape index (κ1) is 19.2. The normalized spacial score (nSPS) is 29.8. The third kappa shape index (κ3) is 2.91. The number of aromatic nitrogens is 4. The van der Waals surface area contributed by atoms with Gasteiger partial charge in [-0.05, 0) is 20.8 Å². The second-order valence-corrected chi connectivity index (χ2v) is 11.1. The van der Waals surface area contributed by atoms with Crippen LogP contribution in [-0.2, 0) is 14.8 Å². The number of nitrogen functional groups attached to an aromatic ring is 1. The number of nitrogens with zero attached hydrogens (tertiary/aromatic N) is 4. The van der Waals surface area contributed by atoms with Crippen LogP contribution in [0.3, 0.4) is 0 Å². The van der Waals surface area contributed by atoms with Crippen molar-refractivity contribution in [1.29, 1.82) is 0 Å². The topological polar surface area (TPSA) is 129 Å². The molecule has 0 saturated carbocycles. The molecule has 4 N–H and O–H groups in total. The monoisotopic (exact) mass is 381 g/mol. The summed E-state index contributed by atoms with van der Waals surface area (Å²) in [4.78, 5) is 12.7. The molecular formula is C16H27N5O4Si. The fourth-order valence-corrected chi connectivity index (χ4v) is 5.66. The van der Waals surface area contributed by atoms with Crippen LogP contribution in [0.2, 0.25) is 13.1 Å². The Balaban J connectivity index is 2.23. The lowest BCUT2D eigenvalue weighted by atomic mass is 10.1. The van der Waals surface area contributed by atoms with Gasteiger partial charge < -0.3 is 25.4 Å². The zero-order chi connectivity index (χ0) is 19.3. The number of aliphatic hydroxyl groups is 2. The van der Waals surface area contributed by atoms with Gasteiger partial charge in [0.15, 0.2) is 16.8 Å². The zero-order valence-corrected chi connectivity index (χ0v) is 16.9. The molecule has 0 aromatic carbocycles. The molecule has 4 atom stereocenters. The number of rotatable bonds is 4. The first-order chi connectivity index (χ1) is 12.1. The smallest absolute Gasteiger partial charge is 0.167 e. The maximum Gasteiger partial charge on any atom is 0.167 e. The number of hydrogen-bond acceptors (Lipinski definition) is 8. The Morgan fingerprint density at radius 1 is 1.35 bits per heavy atom. The number of nitrogens with two attached hydrogens (primary N) is 1. The lowest BCUT2D eigenvalue weighted by Gasteiger charge is -2.41. The number of anilines is 1. The summed E-state index contributed by atoms with van der Waals surface area (Å²) in [5.74, 6) is 0.278. The molecule has 3 rings (SSSR count). The predicted molar refractivity (Wildman–Crippen MR) is 99.2 cm³/mol. The van der Waals surface area contributed by atoms with Crippen LogP contribution < -0.4 is 5.73 Å². The van der Waals surface area contributed by atoms with Crippen molar-refractivity contribution in [2.24, 2.45) is 0 Å². The standard InChI is InChI=1S/C16H27N5O4Si/c1-15(2,3)25-12-11(23)9(6-22)24-16(12,26(4)5)21-8-20-10-13(17)18-7-19-14(10)21/h7-9,11-12,22-23,26H,6H2,1-5H3,(H2,17,18,19)/t9-,11-,12-,16+/m1/s1. The van der Waals surface area contributed by atoms with E-state index in [1.807, 2.05) is 20.8 Å². The molecule has 0 amide bonds. The highest BCUT2D eigenvalue weighted by molar-refractivity contribution is 6.58. The van der Waals surface area contributed by atoms with Crippen LogP contribution in [0.15, 0.2) is 12.7 Å². The Labute approximate surface area is 153 Å².